The van der Waals surface area contributed by atoms with Gasteiger partial charge in [0.05, 0.1) is 0 Å². The van der Waals surface area contributed by atoms with Crippen molar-refractivity contribution in [2.75, 3.05) is 6.54 Å². The average molecular weight is 153 g/mol. The largest absolute Gasteiger partial charge is 0.330 e. The van der Waals surface area contributed by atoms with Crippen molar-refractivity contribution in [2.24, 2.45) is 23.5 Å². The van der Waals surface area contributed by atoms with Crippen molar-refractivity contribution >= 4 is 0 Å². The zero-order chi connectivity index (χ0) is 7.68. The minimum Gasteiger partial charge on any atom is -0.330 e. The minimum atomic E-state index is 0.866. The summed E-state index contributed by atoms with van der Waals surface area (Å²) in [5, 5.41) is 0. The van der Waals surface area contributed by atoms with Crippen LogP contribution in [-0.4, -0.2) is 6.54 Å². The molecule has 0 aromatic heterocycles. The van der Waals surface area contributed by atoms with Crippen LogP contribution in [0.5, 0.6) is 0 Å². The highest BCUT2D eigenvalue weighted by atomic mass is 14.6. The maximum atomic E-state index is 5.70. The van der Waals surface area contributed by atoms with Gasteiger partial charge in [0.25, 0.3) is 0 Å². The zero-order valence-corrected chi connectivity index (χ0v) is 7.26. The summed E-state index contributed by atoms with van der Waals surface area (Å²) in [7, 11) is 0. The molecule has 0 aliphatic heterocycles. The highest BCUT2D eigenvalue weighted by Gasteiger charge is 2.33. The molecule has 2 aliphatic rings. The van der Waals surface area contributed by atoms with Gasteiger partial charge in [0.15, 0.2) is 0 Å². The van der Waals surface area contributed by atoms with Crippen LogP contribution < -0.4 is 5.73 Å². The molecule has 64 valence electrons. The van der Waals surface area contributed by atoms with Gasteiger partial charge in [0.2, 0.25) is 0 Å². The van der Waals surface area contributed by atoms with E-state index in [2.05, 4.69) is 0 Å². The molecule has 0 radical (unpaired) electrons. The van der Waals surface area contributed by atoms with Crippen LogP contribution in [0.1, 0.15) is 38.5 Å². The normalized spacial score (nSPS) is 43.9. The molecule has 0 saturated heterocycles. The molecule has 1 heteroatoms. The summed E-state index contributed by atoms with van der Waals surface area (Å²) in [5.41, 5.74) is 5.70. The summed E-state index contributed by atoms with van der Waals surface area (Å²) in [6, 6.07) is 0. The lowest BCUT2D eigenvalue weighted by atomic mass is 9.70. The molecule has 0 heterocycles. The smallest absolute Gasteiger partial charge is 0.00488 e. The number of rotatable bonds is 1. The van der Waals surface area contributed by atoms with E-state index in [1.165, 1.54) is 38.5 Å². The first-order chi connectivity index (χ1) is 5.40. The maximum absolute atomic E-state index is 5.70. The fourth-order valence-electron chi connectivity index (χ4n) is 2.76. The fourth-order valence-corrected chi connectivity index (χ4v) is 2.76. The molecule has 3 unspecified atom stereocenters. The van der Waals surface area contributed by atoms with Crippen LogP contribution in [0.2, 0.25) is 0 Å². The zero-order valence-electron chi connectivity index (χ0n) is 7.26. The van der Waals surface area contributed by atoms with Crippen LogP contribution >= 0.6 is 0 Å². The van der Waals surface area contributed by atoms with Crippen molar-refractivity contribution in [1.82, 2.24) is 0 Å². The molecule has 3 atom stereocenters. The van der Waals surface area contributed by atoms with Gasteiger partial charge in [-0.3, -0.25) is 0 Å². The second-order valence-electron chi connectivity index (χ2n) is 4.37. The first kappa shape index (κ1) is 7.60. The fraction of sp³-hybridized carbons (Fsp3) is 1.00. The van der Waals surface area contributed by atoms with Gasteiger partial charge < -0.3 is 5.73 Å². The van der Waals surface area contributed by atoms with Gasteiger partial charge in [0, 0.05) is 0 Å². The molecule has 2 N–H and O–H groups in total. The van der Waals surface area contributed by atoms with E-state index in [1.54, 1.807) is 0 Å². The Bertz CT molecular complexity index is 131. The second-order valence-corrected chi connectivity index (χ2v) is 4.37. The van der Waals surface area contributed by atoms with E-state index in [0.717, 1.165) is 24.3 Å². The molecule has 0 aromatic carbocycles. The third kappa shape index (κ3) is 1.44. The third-order valence-electron chi connectivity index (χ3n) is 3.73. The predicted molar refractivity (Wildman–Crippen MR) is 47.2 cm³/mol. The van der Waals surface area contributed by atoms with Gasteiger partial charge in [-0.25, -0.2) is 0 Å². The molecule has 2 fully saturated rings. The Morgan fingerprint density at radius 1 is 1.00 bits per heavy atom. The van der Waals surface area contributed by atoms with Crippen molar-refractivity contribution in [3.8, 4) is 0 Å². The van der Waals surface area contributed by atoms with Gasteiger partial charge >= 0.3 is 0 Å². The Morgan fingerprint density at radius 2 is 1.82 bits per heavy atom. The van der Waals surface area contributed by atoms with E-state index >= 15 is 0 Å². The molecule has 2 aliphatic carbocycles. The SMILES string of the molecule is NCC1CCCC2CCC2C1. The highest BCUT2D eigenvalue weighted by molar-refractivity contribution is 4.85. The van der Waals surface area contributed by atoms with Crippen LogP contribution in [0.3, 0.4) is 0 Å². The van der Waals surface area contributed by atoms with Gasteiger partial charge in [-0.15, -0.1) is 0 Å². The van der Waals surface area contributed by atoms with E-state index in [0.29, 0.717) is 0 Å². The van der Waals surface area contributed by atoms with E-state index in [4.69, 9.17) is 5.73 Å². The quantitative estimate of drug-likeness (QED) is 0.614. The molecule has 0 spiro atoms. The topological polar surface area (TPSA) is 26.0 Å². The van der Waals surface area contributed by atoms with E-state index in [-0.39, 0.29) is 0 Å². The van der Waals surface area contributed by atoms with Gasteiger partial charge in [0.1, 0.15) is 0 Å². The predicted octanol–water partition coefficient (Wildman–Crippen LogP) is 2.16. The van der Waals surface area contributed by atoms with Crippen LogP contribution in [-0.2, 0) is 0 Å². The number of fused-ring (bicyclic) bond motifs is 1. The summed E-state index contributed by atoms with van der Waals surface area (Å²) in [6.45, 7) is 0.934. The van der Waals surface area contributed by atoms with Crippen molar-refractivity contribution in [2.45, 2.75) is 38.5 Å². The van der Waals surface area contributed by atoms with E-state index in [1.807, 2.05) is 0 Å². The monoisotopic (exact) mass is 153 g/mol. The van der Waals surface area contributed by atoms with Crippen molar-refractivity contribution in [1.29, 1.82) is 0 Å². The molecular weight excluding hydrogens is 134 g/mol. The molecule has 2 rings (SSSR count). The molecule has 0 amide bonds. The Labute approximate surface area is 69.4 Å². The lowest BCUT2D eigenvalue weighted by molar-refractivity contribution is 0.153. The molecule has 11 heavy (non-hydrogen) atoms. The molecule has 2 saturated carbocycles. The molecule has 1 nitrogen and oxygen atoms in total. The van der Waals surface area contributed by atoms with Crippen molar-refractivity contribution in [3.63, 3.8) is 0 Å². The Balaban J connectivity index is 1.90. The summed E-state index contributed by atoms with van der Waals surface area (Å²) in [6.07, 6.45) is 8.82. The van der Waals surface area contributed by atoms with Crippen LogP contribution in [0.4, 0.5) is 0 Å². The van der Waals surface area contributed by atoms with Gasteiger partial charge in [-0.1, -0.05) is 12.8 Å². The minimum absolute atomic E-state index is 0.866. The van der Waals surface area contributed by atoms with Gasteiger partial charge in [-0.2, -0.15) is 0 Å². The lowest BCUT2D eigenvalue weighted by Crippen LogP contribution is -2.27. The summed E-state index contributed by atoms with van der Waals surface area (Å²) in [5.74, 6) is 3.04. The lowest BCUT2D eigenvalue weighted by Gasteiger charge is -2.36. The highest BCUT2D eigenvalue weighted by Crippen LogP contribution is 2.44. The van der Waals surface area contributed by atoms with Crippen LogP contribution in [0, 0.1) is 17.8 Å². The van der Waals surface area contributed by atoms with Crippen molar-refractivity contribution < 1.29 is 0 Å². The summed E-state index contributed by atoms with van der Waals surface area (Å²) in [4.78, 5) is 0. The maximum Gasteiger partial charge on any atom is -0.00488 e. The first-order valence-corrected chi connectivity index (χ1v) is 5.10. The van der Waals surface area contributed by atoms with Crippen molar-refractivity contribution in [3.05, 3.63) is 0 Å². The Morgan fingerprint density at radius 3 is 2.45 bits per heavy atom. The molecular formula is C10H19N. The molecule has 0 aromatic rings. The van der Waals surface area contributed by atoms with Gasteiger partial charge in [-0.05, 0) is 50.0 Å². The first-order valence-electron chi connectivity index (χ1n) is 5.10. The number of hydrogen-bond acceptors (Lipinski definition) is 1. The second kappa shape index (κ2) is 3.14. The third-order valence-corrected chi connectivity index (χ3v) is 3.73. The average Bonchev–Trinajstić information content (AvgIpc) is 2.12. The summed E-state index contributed by atoms with van der Waals surface area (Å²) < 4.78 is 0. The Hall–Kier alpha value is -0.0400. The van der Waals surface area contributed by atoms with Crippen LogP contribution in [0.25, 0.3) is 0 Å². The summed E-state index contributed by atoms with van der Waals surface area (Å²) >= 11 is 0. The van der Waals surface area contributed by atoms with E-state index < -0.39 is 0 Å². The Kier molecular flexibility index (Phi) is 2.17. The molecule has 0 bridgehead atoms. The van der Waals surface area contributed by atoms with Crippen LogP contribution in [0.15, 0.2) is 0 Å². The number of hydrogen-bond donors (Lipinski definition) is 1. The van der Waals surface area contributed by atoms with E-state index in [9.17, 15) is 0 Å². The standard InChI is InChI=1S/C10H19N/c11-7-8-2-1-3-9-4-5-10(9)6-8/h8-10H,1-7,11H2. The number of nitrogens with two attached hydrogens (primary N) is 1.